The van der Waals surface area contributed by atoms with Crippen LogP contribution < -0.4 is 9.91 Å². The van der Waals surface area contributed by atoms with Gasteiger partial charge in [0, 0.05) is 27.7 Å². The molecule has 49 heavy (non-hydrogen) atoms. The molecule has 2 aliphatic heterocycles. The van der Waals surface area contributed by atoms with E-state index in [2.05, 4.69) is 101 Å². The second-order valence-electron chi connectivity index (χ2n) is 12.1. The third kappa shape index (κ3) is 5.96. The lowest BCUT2D eigenvalue weighted by atomic mass is 9.95. The van der Waals surface area contributed by atoms with E-state index in [9.17, 15) is 14.7 Å². The number of anilines is 3. The van der Waals surface area contributed by atoms with E-state index in [1.54, 1.807) is 30.3 Å². The Morgan fingerprint density at radius 3 is 2.06 bits per heavy atom. The fraction of sp³-hybridized carbons (Fsp3) is 0.0714. The van der Waals surface area contributed by atoms with Gasteiger partial charge < -0.3 is 10.0 Å². The number of nitrogens with zero attached hydrogens (tertiary/aromatic N) is 3. The van der Waals surface area contributed by atoms with Crippen molar-refractivity contribution in [3.05, 3.63) is 156 Å². The summed E-state index contributed by atoms with van der Waals surface area (Å²) >= 11 is 1.50. The first kappa shape index (κ1) is 30.3. The molecule has 2 aliphatic rings. The van der Waals surface area contributed by atoms with Crippen LogP contribution in [0.2, 0.25) is 0 Å². The van der Waals surface area contributed by atoms with Crippen LogP contribution in [0.15, 0.2) is 150 Å². The molecule has 0 saturated carbocycles. The van der Waals surface area contributed by atoms with Crippen molar-refractivity contribution in [2.24, 2.45) is 5.10 Å². The summed E-state index contributed by atoms with van der Waals surface area (Å²) in [5.41, 5.74) is 9.98. The highest BCUT2D eigenvalue weighted by Crippen LogP contribution is 2.38. The second kappa shape index (κ2) is 12.9. The fourth-order valence-corrected chi connectivity index (χ4v) is 7.47. The summed E-state index contributed by atoms with van der Waals surface area (Å²) in [5, 5.41) is 15.0. The zero-order valence-corrected chi connectivity index (χ0v) is 27.3. The number of hydrazone groups is 1. The predicted octanol–water partition coefficient (Wildman–Crippen LogP) is 9.70. The fourth-order valence-electron chi connectivity index (χ4n) is 6.51. The third-order valence-corrected chi connectivity index (χ3v) is 10.1. The van der Waals surface area contributed by atoms with Crippen molar-refractivity contribution in [1.29, 1.82) is 0 Å². The zero-order valence-electron chi connectivity index (χ0n) is 26.5. The lowest BCUT2D eigenvalue weighted by Gasteiger charge is -2.32. The van der Waals surface area contributed by atoms with Crippen LogP contribution >= 0.6 is 11.3 Å². The lowest BCUT2D eigenvalue weighted by molar-refractivity contribution is -0.129. The summed E-state index contributed by atoms with van der Waals surface area (Å²) < 4.78 is 0. The number of hydrogen-bond donors (Lipinski definition) is 1. The van der Waals surface area contributed by atoms with E-state index in [-0.39, 0.29) is 11.3 Å². The van der Waals surface area contributed by atoms with Crippen molar-refractivity contribution in [1.82, 2.24) is 0 Å². The van der Waals surface area contributed by atoms with Crippen LogP contribution in [0, 0.1) is 0 Å². The van der Waals surface area contributed by atoms with E-state index in [0.717, 1.165) is 45.3 Å². The number of amides is 1. The van der Waals surface area contributed by atoms with Crippen LogP contribution in [0.4, 0.5) is 17.1 Å². The minimum atomic E-state index is -1.24. The number of carbonyl (C=O) groups excluding carboxylic acids is 1. The Morgan fingerprint density at radius 2 is 1.33 bits per heavy atom. The molecule has 7 heteroatoms. The van der Waals surface area contributed by atoms with Gasteiger partial charge in [-0.25, -0.2) is 4.79 Å². The molecule has 1 N–H and O–H groups in total. The summed E-state index contributed by atoms with van der Waals surface area (Å²) in [5.74, 6) is -1.70. The van der Waals surface area contributed by atoms with Gasteiger partial charge in [0.05, 0.1) is 11.3 Å². The summed E-state index contributed by atoms with van der Waals surface area (Å²) in [4.78, 5) is 29.4. The van der Waals surface area contributed by atoms with Gasteiger partial charge in [0.15, 0.2) is 5.71 Å². The van der Waals surface area contributed by atoms with Crippen LogP contribution in [-0.2, 0) is 16.0 Å². The molecule has 6 nitrogen and oxygen atoms in total. The number of aryl methyl sites for hydroxylation is 1. The van der Waals surface area contributed by atoms with Crippen LogP contribution in [-0.4, -0.2) is 29.2 Å². The number of carbonyl (C=O) groups is 2. The number of fused-ring (bicyclic) bond motifs is 1. The molecule has 5 aromatic carbocycles. The monoisotopic (exact) mass is 657 g/mol. The Hall–Kier alpha value is -6.05. The maximum absolute atomic E-state index is 13.2. The molecule has 0 radical (unpaired) electrons. The molecule has 0 unspecified atom stereocenters. The molecular formula is C42H31N3O3S. The van der Waals surface area contributed by atoms with Gasteiger partial charge in [-0.05, 0) is 101 Å². The average Bonchev–Trinajstić information content (AvgIpc) is 3.76. The maximum atomic E-state index is 13.2. The van der Waals surface area contributed by atoms with Crippen LogP contribution in [0.1, 0.15) is 16.9 Å². The number of carboxylic acid groups (broad SMARTS) is 1. The van der Waals surface area contributed by atoms with E-state index in [1.807, 2.05) is 24.3 Å². The molecule has 0 saturated heterocycles. The van der Waals surface area contributed by atoms with E-state index in [4.69, 9.17) is 0 Å². The highest BCUT2D eigenvalue weighted by molar-refractivity contribution is 7.16. The number of carboxylic acids is 1. The number of thiophene rings is 1. The van der Waals surface area contributed by atoms with E-state index in [0.29, 0.717) is 5.69 Å². The van der Waals surface area contributed by atoms with Crippen molar-refractivity contribution in [2.75, 3.05) is 16.5 Å². The quantitative estimate of drug-likeness (QED) is 0.174. The Labute approximate surface area is 288 Å². The molecular weight excluding hydrogens is 627 g/mol. The smallest absolute Gasteiger partial charge is 0.357 e. The molecule has 8 rings (SSSR count). The van der Waals surface area contributed by atoms with Crippen molar-refractivity contribution < 1.29 is 14.7 Å². The van der Waals surface area contributed by atoms with Crippen molar-refractivity contribution in [3.8, 4) is 32.7 Å². The van der Waals surface area contributed by atoms with Gasteiger partial charge in [0.25, 0.3) is 5.91 Å². The molecule has 0 fully saturated rings. The summed E-state index contributed by atoms with van der Waals surface area (Å²) in [6.07, 6.45) is 3.77. The normalized spacial score (nSPS) is 15.0. The highest BCUT2D eigenvalue weighted by Gasteiger charge is 2.35. The third-order valence-electron chi connectivity index (χ3n) is 8.98. The van der Waals surface area contributed by atoms with Gasteiger partial charge in [0.2, 0.25) is 0 Å². The van der Waals surface area contributed by atoms with E-state index < -0.39 is 11.9 Å². The minimum absolute atomic E-state index is 0.0651. The van der Waals surface area contributed by atoms with Gasteiger partial charge in [0.1, 0.15) is 0 Å². The van der Waals surface area contributed by atoms with Crippen molar-refractivity contribution in [3.63, 3.8) is 0 Å². The molecule has 1 amide bonds. The van der Waals surface area contributed by atoms with Gasteiger partial charge in [-0.2, -0.15) is 10.1 Å². The molecule has 3 heterocycles. The summed E-state index contributed by atoms with van der Waals surface area (Å²) in [6, 6.07) is 47.4. The molecule has 238 valence electrons. The molecule has 0 spiro atoms. The van der Waals surface area contributed by atoms with Gasteiger partial charge >= 0.3 is 5.97 Å². The first-order valence-corrected chi connectivity index (χ1v) is 17.0. The second-order valence-corrected chi connectivity index (χ2v) is 13.2. The first-order valence-electron chi connectivity index (χ1n) is 16.2. The van der Waals surface area contributed by atoms with Gasteiger partial charge in [-0.1, -0.05) is 91.0 Å². The highest BCUT2D eigenvalue weighted by atomic mass is 32.1. The average molecular weight is 658 g/mol. The van der Waals surface area contributed by atoms with Crippen LogP contribution in [0.3, 0.4) is 0 Å². The number of rotatable bonds is 7. The largest absolute Gasteiger partial charge is 0.476 e. The molecule has 0 atom stereocenters. The Bertz CT molecular complexity index is 2240. The molecule has 0 bridgehead atoms. The molecule has 0 aliphatic carbocycles. The summed E-state index contributed by atoms with van der Waals surface area (Å²) in [6.45, 7) is 0.995. The number of hydrogen-bond acceptors (Lipinski definition) is 5. The predicted molar refractivity (Wildman–Crippen MR) is 199 cm³/mol. The van der Waals surface area contributed by atoms with Crippen LogP contribution in [0.5, 0.6) is 0 Å². The number of para-hydroxylation sites is 1. The van der Waals surface area contributed by atoms with E-state index >= 15 is 0 Å². The molecule has 6 aromatic rings. The molecule has 1 aromatic heterocycles. The Morgan fingerprint density at radius 1 is 0.694 bits per heavy atom. The standard InChI is InChI=1S/C42H31N3O3S/c46-41-37(40(42(47)48)43-45(41)35-11-5-2-6-12-35)27-36-22-24-39(49-36)31-15-13-30(14-16-31)32-19-23-38-33(26-32)10-7-25-44(38)34-20-17-29(18-21-34)28-8-3-1-4-9-28/h1-6,8-9,11-24,26-27H,7,10,25H2,(H,47,48)/b37-27-. The summed E-state index contributed by atoms with van der Waals surface area (Å²) in [7, 11) is 0. The topological polar surface area (TPSA) is 73.2 Å². The Balaban J connectivity index is 0.998. The lowest BCUT2D eigenvalue weighted by Crippen LogP contribution is -2.24. The van der Waals surface area contributed by atoms with Crippen molar-refractivity contribution >= 4 is 52.1 Å². The SMILES string of the molecule is O=C(O)C1=NN(c2ccccc2)C(=O)/C1=C\c1ccc(-c2ccc(-c3ccc4c(c3)CCCN4c3ccc(-c4ccccc4)cc3)cc2)s1. The van der Waals surface area contributed by atoms with E-state index in [1.165, 1.54) is 45.0 Å². The van der Waals surface area contributed by atoms with Crippen LogP contribution in [0.25, 0.3) is 38.8 Å². The minimum Gasteiger partial charge on any atom is -0.476 e. The van der Waals surface area contributed by atoms with Gasteiger partial charge in [-0.15, -0.1) is 11.3 Å². The first-order chi connectivity index (χ1) is 24.0. The number of benzene rings is 5. The zero-order chi connectivity index (χ0) is 33.3. The Kier molecular flexibility index (Phi) is 7.95. The maximum Gasteiger partial charge on any atom is 0.357 e. The van der Waals surface area contributed by atoms with Crippen molar-refractivity contribution in [2.45, 2.75) is 12.8 Å². The van der Waals surface area contributed by atoms with Gasteiger partial charge in [-0.3, -0.25) is 4.79 Å². The number of aliphatic carboxylic acids is 1.